The van der Waals surface area contributed by atoms with E-state index in [9.17, 15) is 24.3 Å². The summed E-state index contributed by atoms with van der Waals surface area (Å²) in [5, 5.41) is 11.8. The summed E-state index contributed by atoms with van der Waals surface area (Å²) in [5.41, 5.74) is -0.250. The Morgan fingerprint density at radius 1 is 1.20 bits per heavy atom. The van der Waals surface area contributed by atoms with Crippen LogP contribution in [0.15, 0.2) is 11.0 Å². The molecule has 0 saturated carbocycles. The summed E-state index contributed by atoms with van der Waals surface area (Å²) in [7, 11) is 0. The number of nitrogens with zero attached hydrogens (tertiary/aromatic N) is 1. The molecule has 0 spiro atoms. The number of hydrogen-bond donors (Lipinski definition) is 1. The minimum Gasteiger partial charge on any atom is -0.464 e. The molecule has 1 aromatic rings. The normalized spacial score (nSPS) is 33.8. The largest absolute Gasteiger partial charge is 0.464 e. The first-order valence-electron chi connectivity index (χ1n) is 13.7. The van der Waals surface area contributed by atoms with Gasteiger partial charge in [-0.2, -0.15) is 0 Å². The molecule has 1 aromatic heterocycles. The molecule has 40 heavy (non-hydrogen) atoms. The van der Waals surface area contributed by atoms with Gasteiger partial charge in [0, 0.05) is 11.8 Å². The molecule has 0 radical (unpaired) electrons. The fourth-order valence-corrected chi connectivity index (χ4v) is 6.27. The van der Waals surface area contributed by atoms with Crippen molar-refractivity contribution in [2.45, 2.75) is 110 Å². The lowest BCUT2D eigenvalue weighted by atomic mass is 9.72. The maximum absolute atomic E-state index is 13.7. The van der Waals surface area contributed by atoms with E-state index in [0.717, 1.165) is 18.4 Å². The summed E-state index contributed by atoms with van der Waals surface area (Å²) in [6.45, 7) is 11.2. The van der Waals surface area contributed by atoms with Crippen LogP contribution < -0.4 is 0 Å². The predicted molar refractivity (Wildman–Crippen MR) is 147 cm³/mol. The van der Waals surface area contributed by atoms with Crippen LogP contribution in [-0.2, 0) is 44.7 Å². The van der Waals surface area contributed by atoms with Gasteiger partial charge in [-0.05, 0) is 58.1 Å². The molecule has 0 amide bonds. The highest BCUT2D eigenvalue weighted by Crippen LogP contribution is 2.45. The van der Waals surface area contributed by atoms with Crippen molar-refractivity contribution in [2.75, 3.05) is 0 Å². The second kappa shape index (κ2) is 13.4. The van der Waals surface area contributed by atoms with Gasteiger partial charge < -0.3 is 24.1 Å². The third-order valence-corrected chi connectivity index (χ3v) is 9.20. The second-order valence-corrected chi connectivity index (χ2v) is 12.7. The highest BCUT2D eigenvalue weighted by Gasteiger charge is 2.53. The first-order chi connectivity index (χ1) is 18.9. The van der Waals surface area contributed by atoms with Crippen LogP contribution in [0.25, 0.3) is 6.08 Å². The zero-order valence-electron chi connectivity index (χ0n) is 24.1. The Balaban J connectivity index is 1.93. The lowest BCUT2D eigenvalue weighted by Crippen LogP contribution is -2.47. The smallest absolute Gasteiger partial charge is 0.310 e. The number of aliphatic hydroxyl groups excluding tert-OH is 1. The van der Waals surface area contributed by atoms with Gasteiger partial charge in [-0.1, -0.05) is 20.3 Å². The molecule has 0 aromatic carbocycles. The molecule has 2 fully saturated rings. The molecular formula is C29H41NO9S. The van der Waals surface area contributed by atoms with Crippen molar-refractivity contribution < 1.29 is 43.2 Å². The Bertz CT molecular complexity index is 1100. The first-order valence-corrected chi connectivity index (χ1v) is 14.6. The fraction of sp³-hybridized carbons (Fsp3) is 0.690. The Kier molecular flexibility index (Phi) is 10.6. The molecule has 2 aliphatic heterocycles. The fourth-order valence-electron chi connectivity index (χ4n) is 5.66. The number of thiazole rings is 1. The summed E-state index contributed by atoms with van der Waals surface area (Å²) in [5.74, 6) is -1.72. The van der Waals surface area contributed by atoms with E-state index in [1.165, 1.54) is 11.3 Å². The monoisotopic (exact) mass is 579 g/mol. The lowest BCUT2D eigenvalue weighted by Gasteiger charge is -2.36. The van der Waals surface area contributed by atoms with Crippen molar-refractivity contribution >= 4 is 42.1 Å². The Hall–Kier alpha value is -2.63. The van der Waals surface area contributed by atoms with Gasteiger partial charge in [-0.3, -0.25) is 19.2 Å². The summed E-state index contributed by atoms with van der Waals surface area (Å²) < 4.78 is 22.7. The van der Waals surface area contributed by atoms with Crippen molar-refractivity contribution in [2.24, 2.45) is 17.3 Å². The number of esters is 1. The SMILES string of the molecule is C/C(=C\c1csc(CO)n1)[C@@H]1CC2O[C@]2(C)CCC[C@H](C)[C@H](OC=O)[C@@H](C)C(=O)C(C)(C)[C@@H](OC=O)CC(=O)O1. The number of epoxide rings is 1. The molecule has 222 valence electrons. The average Bonchev–Trinajstić information content (AvgIpc) is 3.30. The standard InChI is InChI=1S/C29H41NO9S/c1-17-8-7-9-29(6)23(39-29)11-21(18(2)10-20-14-40-24(13-31)30-20)38-25(34)12-22(36-15-32)28(4,5)27(35)19(3)26(17)37-16-33/h10,14-17,19,21-23,26,31H,7-9,11-13H2,1-6H3/b18-10+/t17-,19+,21-,22-,23?,26-,29+/m0/s1. The van der Waals surface area contributed by atoms with E-state index >= 15 is 0 Å². The van der Waals surface area contributed by atoms with Gasteiger partial charge in [0.25, 0.3) is 12.9 Å². The molecule has 2 aliphatic rings. The Labute approximate surface area is 239 Å². The topological polar surface area (TPSA) is 142 Å². The third kappa shape index (κ3) is 7.55. The van der Waals surface area contributed by atoms with Crippen LogP contribution in [0.4, 0.5) is 0 Å². The zero-order chi connectivity index (χ0) is 29.7. The number of fused-ring (bicyclic) bond motifs is 1. The van der Waals surface area contributed by atoms with Crippen molar-refractivity contribution in [3.8, 4) is 0 Å². The van der Waals surface area contributed by atoms with E-state index in [4.69, 9.17) is 18.9 Å². The minimum atomic E-state index is -1.26. The lowest BCUT2D eigenvalue weighted by molar-refractivity contribution is -0.161. The highest BCUT2D eigenvalue weighted by atomic mass is 32.1. The van der Waals surface area contributed by atoms with E-state index in [1.54, 1.807) is 20.8 Å². The van der Waals surface area contributed by atoms with Gasteiger partial charge in [-0.25, -0.2) is 4.98 Å². The number of aliphatic hydroxyl groups is 1. The molecule has 10 nitrogen and oxygen atoms in total. The number of ether oxygens (including phenoxy) is 4. The van der Waals surface area contributed by atoms with Gasteiger partial charge >= 0.3 is 5.97 Å². The van der Waals surface area contributed by atoms with Crippen LogP contribution in [0.1, 0.15) is 84.3 Å². The molecule has 0 bridgehead atoms. The van der Waals surface area contributed by atoms with Crippen LogP contribution in [0.3, 0.4) is 0 Å². The highest BCUT2D eigenvalue weighted by molar-refractivity contribution is 7.09. The molecule has 1 N–H and O–H groups in total. The number of carbonyl (C=O) groups is 4. The number of ketones is 1. The average molecular weight is 580 g/mol. The molecule has 3 heterocycles. The number of aromatic nitrogens is 1. The quantitative estimate of drug-likeness (QED) is 0.218. The predicted octanol–water partition coefficient (Wildman–Crippen LogP) is 4.02. The van der Waals surface area contributed by atoms with Crippen LogP contribution in [0, 0.1) is 17.3 Å². The second-order valence-electron chi connectivity index (χ2n) is 11.7. The summed E-state index contributed by atoms with van der Waals surface area (Å²) >= 11 is 1.33. The number of Topliss-reactive ketones (excluding diaryl/α,β-unsaturated/α-hetero) is 1. The number of cyclic esters (lactones) is 1. The Morgan fingerprint density at radius 2 is 1.90 bits per heavy atom. The molecule has 11 heteroatoms. The van der Waals surface area contributed by atoms with Gasteiger partial charge in [0.05, 0.1) is 41.8 Å². The van der Waals surface area contributed by atoms with Gasteiger partial charge in [0.2, 0.25) is 0 Å². The third-order valence-electron chi connectivity index (χ3n) is 8.35. The molecule has 7 atom stereocenters. The molecule has 0 aliphatic carbocycles. The molecule has 2 saturated heterocycles. The molecular weight excluding hydrogens is 538 g/mol. The van der Waals surface area contributed by atoms with Gasteiger partial charge in [0.15, 0.2) is 0 Å². The van der Waals surface area contributed by atoms with E-state index < -0.39 is 35.6 Å². The van der Waals surface area contributed by atoms with Crippen LogP contribution in [-0.4, -0.2) is 64.8 Å². The maximum atomic E-state index is 13.7. The van der Waals surface area contributed by atoms with Gasteiger partial charge in [0.1, 0.15) is 29.1 Å². The van der Waals surface area contributed by atoms with Crippen molar-refractivity contribution in [3.63, 3.8) is 0 Å². The van der Waals surface area contributed by atoms with Crippen molar-refractivity contribution in [3.05, 3.63) is 21.7 Å². The van der Waals surface area contributed by atoms with E-state index in [0.29, 0.717) is 30.0 Å². The van der Waals surface area contributed by atoms with Crippen LogP contribution in [0.2, 0.25) is 0 Å². The zero-order valence-corrected chi connectivity index (χ0v) is 24.9. The molecule has 3 rings (SSSR count). The first kappa shape index (κ1) is 31.9. The number of carbonyl (C=O) groups excluding carboxylic acids is 4. The minimum absolute atomic E-state index is 0.107. The summed E-state index contributed by atoms with van der Waals surface area (Å²) in [6, 6.07) is 0. The van der Waals surface area contributed by atoms with Gasteiger partial charge in [-0.15, -0.1) is 11.3 Å². The Morgan fingerprint density at radius 3 is 2.52 bits per heavy atom. The number of hydrogen-bond acceptors (Lipinski definition) is 11. The van der Waals surface area contributed by atoms with E-state index in [-0.39, 0.29) is 42.9 Å². The van der Waals surface area contributed by atoms with E-state index in [1.807, 2.05) is 32.2 Å². The summed E-state index contributed by atoms with van der Waals surface area (Å²) in [4.78, 5) is 54.1. The van der Waals surface area contributed by atoms with Crippen LogP contribution >= 0.6 is 11.3 Å². The summed E-state index contributed by atoms with van der Waals surface area (Å²) in [6.07, 6.45) is 1.63. The van der Waals surface area contributed by atoms with Crippen LogP contribution in [0.5, 0.6) is 0 Å². The van der Waals surface area contributed by atoms with Crippen molar-refractivity contribution in [1.82, 2.24) is 4.98 Å². The number of rotatable bonds is 7. The van der Waals surface area contributed by atoms with E-state index in [2.05, 4.69) is 4.98 Å². The van der Waals surface area contributed by atoms with Crippen molar-refractivity contribution in [1.29, 1.82) is 0 Å². The molecule has 1 unspecified atom stereocenters. The maximum Gasteiger partial charge on any atom is 0.310 e.